The van der Waals surface area contributed by atoms with Gasteiger partial charge in [0.05, 0.1) is 7.11 Å². The van der Waals surface area contributed by atoms with Crippen molar-refractivity contribution in [3.63, 3.8) is 0 Å². The van der Waals surface area contributed by atoms with E-state index in [4.69, 9.17) is 14.6 Å². The number of allylic oxidation sites excluding steroid dienone is 1. The minimum atomic E-state index is -0.975. The van der Waals surface area contributed by atoms with E-state index in [0.29, 0.717) is 17.9 Å². The van der Waals surface area contributed by atoms with Gasteiger partial charge in [0.1, 0.15) is 0 Å². The summed E-state index contributed by atoms with van der Waals surface area (Å²) in [4.78, 5) is 10.9. The molecule has 0 saturated carbocycles. The summed E-state index contributed by atoms with van der Waals surface area (Å²) in [5.74, 6) is 0.00221. The molecule has 1 aromatic rings. The van der Waals surface area contributed by atoms with Crippen molar-refractivity contribution in [3.8, 4) is 11.5 Å². The van der Waals surface area contributed by atoms with E-state index >= 15 is 0 Å². The molecule has 0 fully saturated rings. The normalized spacial score (nSPS) is 12.4. The molecule has 4 heteroatoms. The summed E-state index contributed by atoms with van der Waals surface area (Å²) in [6.07, 6.45) is 3.39. The van der Waals surface area contributed by atoms with Gasteiger partial charge in [-0.15, -0.1) is 0 Å². The van der Waals surface area contributed by atoms with Crippen molar-refractivity contribution in [1.29, 1.82) is 0 Å². The molecule has 0 aliphatic heterocycles. The molecule has 0 amide bonds. The number of ether oxygens (including phenoxy) is 2. The second kappa shape index (κ2) is 6.69. The van der Waals surface area contributed by atoms with Crippen molar-refractivity contribution < 1.29 is 19.4 Å². The van der Waals surface area contributed by atoms with Crippen LogP contribution in [0, 0.1) is 0 Å². The standard InChI is InChI=1S/C14H18O4/c1-4-6-10-7-8-12(13(9-10)17-3)18-11(5-2)14(15)16/h4,6-9,11H,5H2,1-3H3,(H,15,16)/b6-4+. The van der Waals surface area contributed by atoms with Crippen LogP contribution >= 0.6 is 0 Å². The topological polar surface area (TPSA) is 55.8 Å². The maximum atomic E-state index is 10.9. The van der Waals surface area contributed by atoms with E-state index in [9.17, 15) is 4.79 Å². The molecular formula is C14H18O4. The molecule has 0 radical (unpaired) electrons. The quantitative estimate of drug-likeness (QED) is 0.843. The highest BCUT2D eigenvalue weighted by Gasteiger charge is 2.18. The van der Waals surface area contributed by atoms with Gasteiger partial charge in [-0.25, -0.2) is 4.79 Å². The largest absolute Gasteiger partial charge is 0.493 e. The van der Waals surface area contributed by atoms with Crippen molar-refractivity contribution in [2.45, 2.75) is 26.4 Å². The van der Waals surface area contributed by atoms with Crippen LogP contribution in [0.3, 0.4) is 0 Å². The maximum Gasteiger partial charge on any atom is 0.344 e. The number of rotatable bonds is 6. The predicted molar refractivity (Wildman–Crippen MR) is 70.0 cm³/mol. The van der Waals surface area contributed by atoms with Gasteiger partial charge < -0.3 is 14.6 Å². The van der Waals surface area contributed by atoms with Crippen molar-refractivity contribution >= 4 is 12.0 Å². The van der Waals surface area contributed by atoms with E-state index in [1.54, 1.807) is 13.0 Å². The third-order valence-corrected chi connectivity index (χ3v) is 2.46. The fourth-order valence-electron chi connectivity index (χ4n) is 1.54. The SMILES string of the molecule is C/C=C/c1ccc(OC(CC)C(=O)O)c(OC)c1. The lowest BCUT2D eigenvalue weighted by Crippen LogP contribution is -2.26. The molecule has 98 valence electrons. The van der Waals surface area contributed by atoms with Crippen LogP contribution in [0.2, 0.25) is 0 Å². The Morgan fingerprint density at radius 3 is 2.67 bits per heavy atom. The lowest BCUT2D eigenvalue weighted by molar-refractivity contribution is -0.145. The Labute approximate surface area is 107 Å². The molecule has 0 aromatic heterocycles. The number of carboxylic acids is 1. The first kappa shape index (κ1) is 14.1. The Kier molecular flexibility index (Phi) is 5.24. The summed E-state index contributed by atoms with van der Waals surface area (Å²) in [6.45, 7) is 3.69. The molecule has 4 nitrogen and oxygen atoms in total. The van der Waals surface area contributed by atoms with Crippen LogP contribution in [0.25, 0.3) is 6.08 Å². The van der Waals surface area contributed by atoms with Crippen molar-refractivity contribution in [3.05, 3.63) is 29.8 Å². The number of methoxy groups -OCH3 is 1. The van der Waals surface area contributed by atoms with Crippen LogP contribution < -0.4 is 9.47 Å². The minimum Gasteiger partial charge on any atom is -0.493 e. The number of carbonyl (C=O) groups is 1. The number of benzene rings is 1. The van der Waals surface area contributed by atoms with Crippen molar-refractivity contribution in [2.75, 3.05) is 7.11 Å². The first-order valence-corrected chi connectivity index (χ1v) is 5.82. The minimum absolute atomic E-state index is 0.398. The monoisotopic (exact) mass is 250 g/mol. The summed E-state index contributed by atoms with van der Waals surface area (Å²) < 4.78 is 10.6. The first-order valence-electron chi connectivity index (χ1n) is 5.82. The second-order valence-corrected chi connectivity index (χ2v) is 3.76. The summed E-state index contributed by atoms with van der Waals surface area (Å²) in [5.41, 5.74) is 0.977. The van der Waals surface area contributed by atoms with Crippen LogP contribution in [-0.4, -0.2) is 24.3 Å². The molecule has 1 atom stereocenters. The van der Waals surface area contributed by atoms with Crippen LogP contribution in [0.1, 0.15) is 25.8 Å². The smallest absolute Gasteiger partial charge is 0.344 e. The Morgan fingerprint density at radius 1 is 1.44 bits per heavy atom. The van der Waals surface area contributed by atoms with E-state index in [1.165, 1.54) is 7.11 Å². The lowest BCUT2D eigenvalue weighted by Gasteiger charge is -2.16. The molecule has 0 saturated heterocycles. The molecule has 0 aliphatic rings. The zero-order valence-corrected chi connectivity index (χ0v) is 10.8. The molecule has 1 aromatic carbocycles. The summed E-state index contributed by atoms with van der Waals surface area (Å²) in [7, 11) is 1.53. The molecule has 0 bridgehead atoms. The predicted octanol–water partition coefficient (Wildman–Crippen LogP) is 2.97. The number of aliphatic carboxylic acids is 1. The summed E-state index contributed by atoms with van der Waals surface area (Å²) in [6, 6.07) is 5.39. The third-order valence-electron chi connectivity index (χ3n) is 2.46. The average molecular weight is 250 g/mol. The van der Waals surface area contributed by atoms with Crippen LogP contribution in [0.15, 0.2) is 24.3 Å². The van der Waals surface area contributed by atoms with Gasteiger partial charge in [-0.2, -0.15) is 0 Å². The Balaban J connectivity index is 2.98. The fraction of sp³-hybridized carbons (Fsp3) is 0.357. The van der Waals surface area contributed by atoms with Gasteiger partial charge in [0.2, 0.25) is 0 Å². The highest BCUT2D eigenvalue weighted by atomic mass is 16.5. The molecule has 1 unspecified atom stereocenters. The van der Waals surface area contributed by atoms with Crippen molar-refractivity contribution in [2.24, 2.45) is 0 Å². The lowest BCUT2D eigenvalue weighted by atomic mass is 10.2. The fourth-order valence-corrected chi connectivity index (χ4v) is 1.54. The van der Waals surface area contributed by atoms with E-state index < -0.39 is 12.1 Å². The Bertz CT molecular complexity index is 437. The van der Waals surface area contributed by atoms with Crippen LogP contribution in [0.4, 0.5) is 0 Å². The maximum absolute atomic E-state index is 10.9. The zero-order chi connectivity index (χ0) is 13.5. The van der Waals surface area contributed by atoms with Gasteiger partial charge in [-0.3, -0.25) is 0 Å². The van der Waals surface area contributed by atoms with Crippen molar-refractivity contribution in [1.82, 2.24) is 0 Å². The molecule has 1 N–H and O–H groups in total. The molecular weight excluding hydrogens is 232 g/mol. The molecule has 18 heavy (non-hydrogen) atoms. The number of carboxylic acid groups (broad SMARTS) is 1. The third kappa shape index (κ3) is 3.52. The van der Waals surface area contributed by atoms with Gasteiger partial charge in [0, 0.05) is 0 Å². The van der Waals surface area contributed by atoms with E-state index in [1.807, 2.05) is 31.2 Å². The molecule has 0 spiro atoms. The average Bonchev–Trinajstić information content (AvgIpc) is 2.36. The highest BCUT2D eigenvalue weighted by molar-refractivity contribution is 5.73. The Hall–Kier alpha value is -1.97. The number of hydrogen-bond donors (Lipinski definition) is 1. The van der Waals surface area contributed by atoms with Crippen LogP contribution in [-0.2, 0) is 4.79 Å². The zero-order valence-electron chi connectivity index (χ0n) is 10.8. The van der Waals surface area contributed by atoms with E-state index in [-0.39, 0.29) is 0 Å². The number of hydrogen-bond acceptors (Lipinski definition) is 3. The van der Waals surface area contributed by atoms with Crippen LogP contribution in [0.5, 0.6) is 11.5 Å². The van der Waals surface area contributed by atoms with Gasteiger partial charge >= 0.3 is 5.97 Å². The summed E-state index contributed by atoms with van der Waals surface area (Å²) >= 11 is 0. The van der Waals surface area contributed by atoms with E-state index in [2.05, 4.69) is 0 Å². The van der Waals surface area contributed by atoms with Gasteiger partial charge in [0.25, 0.3) is 0 Å². The van der Waals surface area contributed by atoms with Gasteiger partial charge in [-0.1, -0.05) is 25.1 Å². The molecule has 0 aliphatic carbocycles. The first-order chi connectivity index (χ1) is 8.62. The second-order valence-electron chi connectivity index (χ2n) is 3.76. The molecule has 0 heterocycles. The van der Waals surface area contributed by atoms with Gasteiger partial charge in [-0.05, 0) is 31.0 Å². The van der Waals surface area contributed by atoms with E-state index in [0.717, 1.165) is 5.56 Å². The summed E-state index contributed by atoms with van der Waals surface area (Å²) in [5, 5.41) is 8.96. The highest BCUT2D eigenvalue weighted by Crippen LogP contribution is 2.29. The molecule has 1 rings (SSSR count). The Morgan fingerprint density at radius 2 is 2.17 bits per heavy atom. The van der Waals surface area contributed by atoms with Gasteiger partial charge in [0.15, 0.2) is 17.6 Å².